The van der Waals surface area contributed by atoms with Gasteiger partial charge in [0.1, 0.15) is 0 Å². The fraction of sp³-hybridized carbons (Fsp3) is 0.692. The Kier molecular flexibility index (Phi) is 4.32. The lowest BCUT2D eigenvalue weighted by Gasteiger charge is -2.14. The van der Waals surface area contributed by atoms with Crippen molar-refractivity contribution in [1.29, 1.82) is 0 Å². The zero-order chi connectivity index (χ0) is 13.1. The van der Waals surface area contributed by atoms with Gasteiger partial charge in [-0.05, 0) is 12.8 Å². The molecule has 4 heteroatoms. The molecule has 17 heavy (non-hydrogen) atoms. The van der Waals surface area contributed by atoms with Gasteiger partial charge in [0.05, 0.1) is 0 Å². The van der Waals surface area contributed by atoms with Gasteiger partial charge in [0.2, 0.25) is 5.91 Å². The van der Waals surface area contributed by atoms with Crippen molar-refractivity contribution in [2.45, 2.75) is 52.9 Å². The third kappa shape index (κ3) is 3.58. The first kappa shape index (κ1) is 13.7. The monoisotopic (exact) mass is 237 g/mol. The van der Waals surface area contributed by atoms with Gasteiger partial charge in [-0.2, -0.15) is 5.10 Å². The van der Waals surface area contributed by atoms with E-state index in [1.54, 1.807) is 0 Å². The maximum Gasteiger partial charge on any atom is 0.228 e. The number of rotatable bonds is 4. The minimum Gasteiger partial charge on any atom is -0.309 e. The largest absolute Gasteiger partial charge is 0.309 e. The van der Waals surface area contributed by atoms with E-state index in [1.807, 2.05) is 19.9 Å². The zero-order valence-electron chi connectivity index (χ0n) is 11.4. The first-order valence-electron chi connectivity index (χ1n) is 6.25. The topological polar surface area (TPSA) is 57.8 Å². The van der Waals surface area contributed by atoms with Crippen molar-refractivity contribution >= 4 is 11.7 Å². The molecule has 1 heterocycles. The van der Waals surface area contributed by atoms with Crippen LogP contribution < -0.4 is 5.32 Å². The lowest BCUT2D eigenvalue weighted by molar-refractivity contribution is -0.120. The van der Waals surface area contributed by atoms with Crippen LogP contribution in [0.1, 0.15) is 53.2 Å². The standard InChI is InChI=1S/C13H23N3O/c1-6-9(7-2)12(17)14-11-8-10(15-16-11)13(3,4)5/h8-9H,6-7H2,1-5H3,(H2,14,15,16,17). The van der Waals surface area contributed by atoms with Crippen LogP contribution in [0, 0.1) is 5.92 Å². The van der Waals surface area contributed by atoms with Gasteiger partial charge >= 0.3 is 0 Å². The number of carbonyl (C=O) groups is 1. The summed E-state index contributed by atoms with van der Waals surface area (Å²) >= 11 is 0. The van der Waals surface area contributed by atoms with Crippen LogP contribution in [-0.2, 0) is 10.2 Å². The Morgan fingerprint density at radius 3 is 2.41 bits per heavy atom. The molecule has 0 atom stereocenters. The number of aromatic amines is 1. The van der Waals surface area contributed by atoms with E-state index in [9.17, 15) is 4.79 Å². The third-order valence-corrected chi connectivity index (χ3v) is 2.99. The molecule has 0 radical (unpaired) electrons. The summed E-state index contributed by atoms with van der Waals surface area (Å²) in [6.07, 6.45) is 1.72. The molecule has 0 unspecified atom stereocenters. The average Bonchev–Trinajstić information content (AvgIpc) is 2.67. The number of aromatic nitrogens is 2. The molecule has 0 aromatic carbocycles. The molecular weight excluding hydrogens is 214 g/mol. The van der Waals surface area contributed by atoms with E-state index in [0.29, 0.717) is 5.82 Å². The Hall–Kier alpha value is -1.32. The lowest BCUT2D eigenvalue weighted by Crippen LogP contribution is -2.21. The summed E-state index contributed by atoms with van der Waals surface area (Å²) in [4.78, 5) is 11.9. The molecule has 0 aliphatic rings. The zero-order valence-corrected chi connectivity index (χ0v) is 11.4. The fourth-order valence-electron chi connectivity index (χ4n) is 1.66. The second-order valence-electron chi connectivity index (χ2n) is 5.42. The van der Waals surface area contributed by atoms with Crippen LogP contribution in [0.5, 0.6) is 0 Å². The second kappa shape index (κ2) is 5.34. The number of nitrogens with zero attached hydrogens (tertiary/aromatic N) is 1. The Balaban J connectivity index is 2.70. The average molecular weight is 237 g/mol. The molecule has 0 fully saturated rings. The molecule has 1 rings (SSSR count). The van der Waals surface area contributed by atoms with E-state index in [-0.39, 0.29) is 17.2 Å². The molecule has 1 aromatic heterocycles. The number of carbonyl (C=O) groups excluding carboxylic acids is 1. The number of nitrogens with one attached hydrogen (secondary N) is 2. The predicted octanol–water partition coefficient (Wildman–Crippen LogP) is 3.08. The van der Waals surface area contributed by atoms with Gasteiger partial charge in [-0.25, -0.2) is 0 Å². The molecule has 0 aliphatic heterocycles. The van der Waals surface area contributed by atoms with Crippen LogP contribution in [0.3, 0.4) is 0 Å². The van der Waals surface area contributed by atoms with Gasteiger partial charge in [0.25, 0.3) is 0 Å². The molecule has 1 amide bonds. The first-order chi connectivity index (χ1) is 7.88. The fourth-order valence-corrected chi connectivity index (χ4v) is 1.66. The van der Waals surface area contributed by atoms with E-state index >= 15 is 0 Å². The Morgan fingerprint density at radius 2 is 2.00 bits per heavy atom. The molecule has 0 aliphatic carbocycles. The quantitative estimate of drug-likeness (QED) is 0.845. The van der Waals surface area contributed by atoms with Gasteiger partial charge in [0, 0.05) is 23.1 Å². The molecular formula is C13H23N3O. The Labute approximate surface area is 103 Å². The van der Waals surface area contributed by atoms with Crippen molar-refractivity contribution in [2.24, 2.45) is 5.92 Å². The highest BCUT2D eigenvalue weighted by Gasteiger charge is 2.19. The maximum atomic E-state index is 11.9. The highest BCUT2D eigenvalue weighted by atomic mass is 16.1. The summed E-state index contributed by atoms with van der Waals surface area (Å²) in [6, 6.07) is 1.90. The molecule has 0 spiro atoms. The van der Waals surface area contributed by atoms with E-state index in [0.717, 1.165) is 18.5 Å². The van der Waals surface area contributed by atoms with Crippen molar-refractivity contribution < 1.29 is 4.79 Å². The van der Waals surface area contributed by atoms with Crippen LogP contribution in [0.2, 0.25) is 0 Å². The van der Waals surface area contributed by atoms with Crippen LogP contribution >= 0.6 is 0 Å². The third-order valence-electron chi connectivity index (χ3n) is 2.99. The van der Waals surface area contributed by atoms with Crippen molar-refractivity contribution in [3.63, 3.8) is 0 Å². The number of hydrogen-bond donors (Lipinski definition) is 2. The van der Waals surface area contributed by atoms with Crippen LogP contribution in [-0.4, -0.2) is 16.1 Å². The summed E-state index contributed by atoms with van der Waals surface area (Å²) in [7, 11) is 0. The number of amides is 1. The predicted molar refractivity (Wildman–Crippen MR) is 70.0 cm³/mol. The SMILES string of the molecule is CCC(CC)C(=O)Nc1cc(C(C)(C)C)[nH]n1. The molecule has 96 valence electrons. The molecule has 2 N–H and O–H groups in total. The van der Waals surface area contributed by atoms with Gasteiger partial charge in [-0.1, -0.05) is 34.6 Å². The summed E-state index contributed by atoms with van der Waals surface area (Å²) in [6.45, 7) is 10.4. The van der Waals surface area contributed by atoms with Gasteiger partial charge in [0.15, 0.2) is 5.82 Å². The first-order valence-corrected chi connectivity index (χ1v) is 6.25. The summed E-state index contributed by atoms with van der Waals surface area (Å²) in [5.41, 5.74) is 1.04. The minimum absolute atomic E-state index is 0.0187. The van der Waals surface area contributed by atoms with E-state index in [4.69, 9.17) is 0 Å². The smallest absolute Gasteiger partial charge is 0.228 e. The second-order valence-corrected chi connectivity index (χ2v) is 5.42. The van der Waals surface area contributed by atoms with Gasteiger partial charge in [-0.3, -0.25) is 9.89 Å². The number of H-pyrrole nitrogens is 1. The molecule has 0 bridgehead atoms. The normalized spacial score (nSPS) is 11.9. The van der Waals surface area contributed by atoms with E-state index in [1.165, 1.54) is 0 Å². The summed E-state index contributed by atoms with van der Waals surface area (Å²) in [5.74, 6) is 0.749. The maximum absolute atomic E-state index is 11.9. The number of hydrogen-bond acceptors (Lipinski definition) is 2. The van der Waals surface area contributed by atoms with Crippen molar-refractivity contribution in [3.05, 3.63) is 11.8 Å². The highest BCUT2D eigenvalue weighted by Crippen LogP contribution is 2.22. The van der Waals surface area contributed by atoms with Crippen molar-refractivity contribution in [1.82, 2.24) is 10.2 Å². The van der Waals surface area contributed by atoms with Crippen molar-refractivity contribution in [2.75, 3.05) is 5.32 Å². The lowest BCUT2D eigenvalue weighted by atomic mass is 9.92. The van der Waals surface area contributed by atoms with E-state index in [2.05, 4.69) is 36.3 Å². The molecule has 0 saturated heterocycles. The van der Waals surface area contributed by atoms with Gasteiger partial charge in [-0.15, -0.1) is 0 Å². The molecule has 4 nitrogen and oxygen atoms in total. The Morgan fingerprint density at radius 1 is 1.41 bits per heavy atom. The number of anilines is 1. The summed E-state index contributed by atoms with van der Waals surface area (Å²) < 4.78 is 0. The minimum atomic E-state index is 0.0187. The molecule has 0 saturated carbocycles. The van der Waals surface area contributed by atoms with Gasteiger partial charge < -0.3 is 5.32 Å². The van der Waals surface area contributed by atoms with Crippen molar-refractivity contribution in [3.8, 4) is 0 Å². The summed E-state index contributed by atoms with van der Waals surface area (Å²) in [5, 5.41) is 9.93. The Bertz CT molecular complexity index is 372. The van der Waals surface area contributed by atoms with E-state index < -0.39 is 0 Å². The molecule has 1 aromatic rings. The highest BCUT2D eigenvalue weighted by molar-refractivity contribution is 5.91. The van der Waals surface area contributed by atoms with Crippen LogP contribution in [0.4, 0.5) is 5.82 Å². The van der Waals surface area contributed by atoms with Crippen LogP contribution in [0.15, 0.2) is 6.07 Å². The van der Waals surface area contributed by atoms with Crippen LogP contribution in [0.25, 0.3) is 0 Å².